The predicted octanol–water partition coefficient (Wildman–Crippen LogP) is 1.86. The SMILES string of the molecule is NC(CO)(c1cccc(Br)c1)C(F)F. The molecule has 1 aromatic rings. The minimum Gasteiger partial charge on any atom is -0.394 e. The van der Waals surface area contributed by atoms with Crippen molar-refractivity contribution in [1.82, 2.24) is 0 Å². The van der Waals surface area contributed by atoms with Crippen LogP contribution in [0.2, 0.25) is 0 Å². The summed E-state index contributed by atoms with van der Waals surface area (Å²) in [6, 6.07) is 6.24. The van der Waals surface area contributed by atoms with E-state index >= 15 is 0 Å². The van der Waals surface area contributed by atoms with Gasteiger partial charge in [0.15, 0.2) is 0 Å². The third kappa shape index (κ3) is 2.10. The molecule has 0 spiro atoms. The quantitative estimate of drug-likeness (QED) is 0.877. The maximum absolute atomic E-state index is 12.6. The van der Waals surface area contributed by atoms with E-state index in [1.54, 1.807) is 12.1 Å². The van der Waals surface area contributed by atoms with Crippen LogP contribution in [0.4, 0.5) is 8.78 Å². The molecule has 0 bridgehead atoms. The van der Waals surface area contributed by atoms with Crippen LogP contribution in [0.15, 0.2) is 28.7 Å². The molecule has 1 rings (SSSR count). The summed E-state index contributed by atoms with van der Waals surface area (Å²) in [7, 11) is 0. The number of rotatable bonds is 3. The molecular weight excluding hydrogens is 256 g/mol. The summed E-state index contributed by atoms with van der Waals surface area (Å²) >= 11 is 3.15. The van der Waals surface area contributed by atoms with Gasteiger partial charge < -0.3 is 10.8 Å². The first kappa shape index (κ1) is 11.6. The summed E-state index contributed by atoms with van der Waals surface area (Å²) in [6.07, 6.45) is -2.80. The second-order valence-corrected chi connectivity index (χ2v) is 3.93. The molecule has 78 valence electrons. The topological polar surface area (TPSA) is 46.2 Å². The van der Waals surface area contributed by atoms with Crippen LogP contribution in [-0.2, 0) is 5.54 Å². The zero-order chi connectivity index (χ0) is 10.8. The van der Waals surface area contributed by atoms with E-state index in [0.29, 0.717) is 4.47 Å². The van der Waals surface area contributed by atoms with E-state index in [0.717, 1.165) is 0 Å². The van der Waals surface area contributed by atoms with E-state index in [2.05, 4.69) is 15.9 Å². The molecule has 0 heterocycles. The van der Waals surface area contributed by atoms with Gasteiger partial charge in [0, 0.05) is 4.47 Å². The summed E-state index contributed by atoms with van der Waals surface area (Å²) in [5.74, 6) is 0. The number of hydrogen-bond acceptors (Lipinski definition) is 2. The fourth-order valence-electron chi connectivity index (χ4n) is 1.06. The van der Waals surface area contributed by atoms with Crippen LogP contribution in [0, 0.1) is 0 Å². The number of aliphatic hydroxyl groups excluding tert-OH is 1. The summed E-state index contributed by atoms with van der Waals surface area (Å²) in [4.78, 5) is 0. The molecule has 0 saturated carbocycles. The van der Waals surface area contributed by atoms with Gasteiger partial charge in [0.25, 0.3) is 6.43 Å². The van der Waals surface area contributed by atoms with Crippen LogP contribution in [0.1, 0.15) is 5.56 Å². The molecule has 3 N–H and O–H groups in total. The van der Waals surface area contributed by atoms with Gasteiger partial charge in [-0.1, -0.05) is 28.1 Å². The summed E-state index contributed by atoms with van der Waals surface area (Å²) in [5, 5.41) is 8.88. The Morgan fingerprint density at radius 1 is 1.50 bits per heavy atom. The average molecular weight is 266 g/mol. The molecule has 0 aliphatic heterocycles. The molecule has 1 aromatic carbocycles. The monoisotopic (exact) mass is 265 g/mol. The van der Waals surface area contributed by atoms with Gasteiger partial charge in [-0.05, 0) is 17.7 Å². The van der Waals surface area contributed by atoms with Crippen molar-refractivity contribution in [2.75, 3.05) is 6.61 Å². The number of aliphatic hydroxyl groups is 1. The third-order valence-electron chi connectivity index (χ3n) is 2.01. The first-order valence-corrected chi connectivity index (χ1v) is 4.74. The van der Waals surface area contributed by atoms with Gasteiger partial charge in [-0.3, -0.25) is 0 Å². The largest absolute Gasteiger partial charge is 0.394 e. The van der Waals surface area contributed by atoms with E-state index in [9.17, 15) is 8.78 Å². The lowest BCUT2D eigenvalue weighted by Crippen LogP contribution is -2.47. The highest BCUT2D eigenvalue weighted by atomic mass is 79.9. The normalized spacial score (nSPS) is 15.6. The maximum Gasteiger partial charge on any atom is 0.262 e. The lowest BCUT2D eigenvalue weighted by atomic mass is 9.92. The first-order chi connectivity index (χ1) is 6.50. The van der Waals surface area contributed by atoms with Crippen LogP contribution in [0.3, 0.4) is 0 Å². The van der Waals surface area contributed by atoms with Crippen LogP contribution in [-0.4, -0.2) is 18.1 Å². The zero-order valence-corrected chi connectivity index (χ0v) is 8.84. The molecular formula is C9H10BrF2NO. The van der Waals surface area contributed by atoms with Gasteiger partial charge in [-0.15, -0.1) is 0 Å². The Bertz CT molecular complexity index is 321. The van der Waals surface area contributed by atoms with Crippen molar-refractivity contribution in [2.45, 2.75) is 12.0 Å². The highest BCUT2D eigenvalue weighted by molar-refractivity contribution is 9.10. The molecule has 0 saturated heterocycles. The van der Waals surface area contributed by atoms with Gasteiger partial charge >= 0.3 is 0 Å². The van der Waals surface area contributed by atoms with Crippen molar-refractivity contribution >= 4 is 15.9 Å². The van der Waals surface area contributed by atoms with E-state index in [1.165, 1.54) is 12.1 Å². The van der Waals surface area contributed by atoms with Crippen molar-refractivity contribution in [2.24, 2.45) is 5.73 Å². The average Bonchev–Trinajstić information content (AvgIpc) is 2.16. The Labute approximate surface area is 88.9 Å². The smallest absolute Gasteiger partial charge is 0.262 e. The molecule has 5 heteroatoms. The number of hydrogen-bond donors (Lipinski definition) is 2. The second kappa shape index (κ2) is 4.33. The molecule has 1 atom stereocenters. The van der Waals surface area contributed by atoms with Gasteiger partial charge in [-0.25, -0.2) is 8.78 Å². The summed E-state index contributed by atoms with van der Waals surface area (Å²) in [5.41, 5.74) is 3.64. The Kier molecular flexibility index (Phi) is 3.58. The molecule has 1 unspecified atom stereocenters. The summed E-state index contributed by atoms with van der Waals surface area (Å²) < 4.78 is 25.9. The van der Waals surface area contributed by atoms with Crippen molar-refractivity contribution in [3.63, 3.8) is 0 Å². The first-order valence-electron chi connectivity index (χ1n) is 3.94. The molecule has 14 heavy (non-hydrogen) atoms. The highest BCUT2D eigenvalue weighted by Gasteiger charge is 2.37. The Hall–Kier alpha value is -0.520. The molecule has 0 fully saturated rings. The van der Waals surface area contributed by atoms with Crippen molar-refractivity contribution < 1.29 is 13.9 Å². The van der Waals surface area contributed by atoms with Crippen LogP contribution in [0.5, 0.6) is 0 Å². The second-order valence-electron chi connectivity index (χ2n) is 3.01. The van der Waals surface area contributed by atoms with Crippen LogP contribution in [0.25, 0.3) is 0 Å². The lowest BCUT2D eigenvalue weighted by molar-refractivity contribution is 0.0154. The highest BCUT2D eigenvalue weighted by Crippen LogP contribution is 2.27. The minimum absolute atomic E-state index is 0.212. The number of alkyl halides is 2. The maximum atomic E-state index is 12.6. The van der Waals surface area contributed by atoms with Gasteiger partial charge in [-0.2, -0.15) is 0 Å². The summed E-state index contributed by atoms with van der Waals surface area (Å²) in [6.45, 7) is -0.791. The fraction of sp³-hybridized carbons (Fsp3) is 0.333. The number of halogens is 3. The molecule has 0 aliphatic carbocycles. The van der Waals surface area contributed by atoms with E-state index < -0.39 is 18.6 Å². The number of benzene rings is 1. The molecule has 0 aromatic heterocycles. The fourth-order valence-corrected chi connectivity index (χ4v) is 1.46. The Morgan fingerprint density at radius 2 is 2.14 bits per heavy atom. The van der Waals surface area contributed by atoms with Crippen molar-refractivity contribution in [1.29, 1.82) is 0 Å². The van der Waals surface area contributed by atoms with E-state index in [-0.39, 0.29) is 5.56 Å². The van der Waals surface area contributed by atoms with Gasteiger partial charge in [0.2, 0.25) is 0 Å². The molecule has 0 radical (unpaired) electrons. The predicted molar refractivity (Wildman–Crippen MR) is 53.1 cm³/mol. The third-order valence-corrected chi connectivity index (χ3v) is 2.51. The van der Waals surface area contributed by atoms with E-state index in [1.807, 2.05) is 0 Å². The van der Waals surface area contributed by atoms with Crippen LogP contribution >= 0.6 is 15.9 Å². The molecule has 0 amide bonds. The van der Waals surface area contributed by atoms with Gasteiger partial charge in [0.1, 0.15) is 5.54 Å². The van der Waals surface area contributed by atoms with Crippen molar-refractivity contribution in [3.05, 3.63) is 34.3 Å². The standard InChI is InChI=1S/C9H10BrF2NO/c10-7-3-1-2-6(4-7)9(13,5-14)8(11)12/h1-4,8,14H,5,13H2. The number of nitrogens with two attached hydrogens (primary N) is 1. The Morgan fingerprint density at radius 3 is 2.57 bits per heavy atom. The molecule has 2 nitrogen and oxygen atoms in total. The lowest BCUT2D eigenvalue weighted by Gasteiger charge is -2.26. The van der Waals surface area contributed by atoms with Crippen LogP contribution < -0.4 is 5.73 Å². The zero-order valence-electron chi connectivity index (χ0n) is 7.25. The Balaban J connectivity index is 3.12. The minimum atomic E-state index is -2.80. The van der Waals surface area contributed by atoms with Gasteiger partial charge in [0.05, 0.1) is 6.61 Å². The van der Waals surface area contributed by atoms with E-state index in [4.69, 9.17) is 10.8 Å². The molecule has 0 aliphatic rings. The van der Waals surface area contributed by atoms with Crippen molar-refractivity contribution in [3.8, 4) is 0 Å².